The van der Waals surface area contributed by atoms with Crippen molar-refractivity contribution >= 4 is 27.5 Å². The highest BCUT2D eigenvalue weighted by atomic mass is 32.2. The van der Waals surface area contributed by atoms with Crippen molar-refractivity contribution in [2.75, 3.05) is 51.4 Å². The van der Waals surface area contributed by atoms with E-state index in [1.807, 2.05) is 0 Å². The molecule has 2 saturated heterocycles. The van der Waals surface area contributed by atoms with Gasteiger partial charge in [0.25, 0.3) is 5.91 Å². The number of amides is 2. The molecule has 2 aromatic rings. The van der Waals surface area contributed by atoms with E-state index in [9.17, 15) is 18.0 Å². The lowest BCUT2D eigenvalue weighted by Crippen LogP contribution is -2.49. The minimum absolute atomic E-state index is 0.0451. The van der Waals surface area contributed by atoms with Crippen LogP contribution in [0.25, 0.3) is 0 Å². The van der Waals surface area contributed by atoms with Crippen molar-refractivity contribution in [2.45, 2.75) is 17.4 Å². The monoisotopic (exact) mass is 473 g/mol. The highest BCUT2D eigenvalue weighted by Gasteiger charge is 2.46. The maximum atomic E-state index is 13.6. The van der Waals surface area contributed by atoms with Crippen LogP contribution in [-0.2, 0) is 24.3 Å². The van der Waals surface area contributed by atoms with Crippen molar-refractivity contribution < 1.29 is 27.5 Å². The van der Waals surface area contributed by atoms with E-state index in [-0.39, 0.29) is 17.9 Å². The molecule has 2 aliphatic rings. The van der Waals surface area contributed by atoms with E-state index in [2.05, 4.69) is 4.90 Å². The van der Waals surface area contributed by atoms with Crippen molar-refractivity contribution in [3.05, 3.63) is 54.6 Å². The quantitative estimate of drug-likeness (QED) is 0.534. The number of benzene rings is 2. The summed E-state index contributed by atoms with van der Waals surface area (Å²) >= 11 is 0. The van der Waals surface area contributed by atoms with E-state index in [0.717, 1.165) is 4.90 Å². The van der Waals surface area contributed by atoms with Crippen LogP contribution in [0, 0.1) is 0 Å². The number of methoxy groups -OCH3 is 1. The average Bonchev–Trinajstić information content (AvgIpc) is 3.13. The SMILES string of the molecule is COc1ccc(S(=O)(=O)N(CCN2CCOCC2)C2CC(=O)N(c3ccccc3)C2=O)cc1. The molecule has 2 aliphatic heterocycles. The summed E-state index contributed by atoms with van der Waals surface area (Å²) in [6, 6.07) is 13.5. The molecule has 2 heterocycles. The number of para-hydroxylation sites is 1. The van der Waals surface area contributed by atoms with Crippen LogP contribution in [0.1, 0.15) is 6.42 Å². The zero-order chi connectivity index (χ0) is 23.4. The molecule has 0 spiro atoms. The summed E-state index contributed by atoms with van der Waals surface area (Å²) in [6.07, 6.45) is -0.202. The van der Waals surface area contributed by atoms with Crippen molar-refractivity contribution in [1.82, 2.24) is 9.21 Å². The first kappa shape index (κ1) is 23.4. The molecule has 1 atom stereocenters. The van der Waals surface area contributed by atoms with Gasteiger partial charge in [0.2, 0.25) is 15.9 Å². The molecule has 2 fully saturated rings. The van der Waals surface area contributed by atoms with Gasteiger partial charge in [-0.2, -0.15) is 4.31 Å². The molecule has 0 bridgehead atoms. The van der Waals surface area contributed by atoms with Gasteiger partial charge in [-0.15, -0.1) is 0 Å². The number of rotatable bonds is 8. The number of hydrogen-bond donors (Lipinski definition) is 0. The first-order chi connectivity index (χ1) is 15.9. The summed E-state index contributed by atoms with van der Waals surface area (Å²) in [5, 5.41) is 0. The van der Waals surface area contributed by atoms with Crippen LogP contribution in [0.4, 0.5) is 5.69 Å². The van der Waals surface area contributed by atoms with E-state index < -0.39 is 27.9 Å². The van der Waals surface area contributed by atoms with Gasteiger partial charge in [-0.05, 0) is 36.4 Å². The topological polar surface area (TPSA) is 96.5 Å². The third kappa shape index (κ3) is 4.93. The molecule has 0 radical (unpaired) electrons. The van der Waals surface area contributed by atoms with Gasteiger partial charge in [0.15, 0.2) is 0 Å². The number of carbonyl (C=O) groups is 2. The van der Waals surface area contributed by atoms with Crippen molar-refractivity contribution in [3.8, 4) is 5.75 Å². The fourth-order valence-corrected chi connectivity index (χ4v) is 5.65. The van der Waals surface area contributed by atoms with Gasteiger partial charge in [-0.3, -0.25) is 14.5 Å². The first-order valence-electron chi connectivity index (χ1n) is 10.8. The zero-order valence-electron chi connectivity index (χ0n) is 18.4. The number of carbonyl (C=O) groups excluding carboxylic acids is 2. The van der Waals surface area contributed by atoms with Crippen LogP contribution in [0.5, 0.6) is 5.75 Å². The van der Waals surface area contributed by atoms with Crippen molar-refractivity contribution in [2.24, 2.45) is 0 Å². The minimum Gasteiger partial charge on any atom is -0.497 e. The molecule has 0 aromatic heterocycles. The molecule has 0 saturated carbocycles. The molecule has 0 N–H and O–H groups in total. The predicted molar refractivity (Wildman–Crippen MR) is 121 cm³/mol. The Labute approximate surface area is 193 Å². The molecule has 176 valence electrons. The summed E-state index contributed by atoms with van der Waals surface area (Å²) in [5.74, 6) is -0.432. The van der Waals surface area contributed by atoms with Gasteiger partial charge in [-0.1, -0.05) is 18.2 Å². The molecular weight excluding hydrogens is 446 g/mol. The van der Waals surface area contributed by atoms with Crippen LogP contribution in [0.3, 0.4) is 0 Å². The third-order valence-electron chi connectivity index (χ3n) is 5.89. The fraction of sp³-hybridized carbons (Fsp3) is 0.391. The predicted octanol–water partition coefficient (Wildman–Crippen LogP) is 1.35. The van der Waals surface area contributed by atoms with Crippen molar-refractivity contribution in [1.29, 1.82) is 0 Å². The number of imide groups is 1. The maximum absolute atomic E-state index is 13.6. The van der Waals surface area contributed by atoms with E-state index in [4.69, 9.17) is 9.47 Å². The van der Waals surface area contributed by atoms with Gasteiger partial charge in [-0.25, -0.2) is 13.3 Å². The van der Waals surface area contributed by atoms with E-state index in [1.165, 1.54) is 23.5 Å². The highest BCUT2D eigenvalue weighted by Crippen LogP contribution is 2.29. The molecule has 1 unspecified atom stereocenters. The number of hydrogen-bond acceptors (Lipinski definition) is 7. The van der Waals surface area contributed by atoms with Crippen LogP contribution in [-0.4, -0.2) is 82.0 Å². The molecule has 0 aliphatic carbocycles. The Morgan fingerprint density at radius 1 is 1.03 bits per heavy atom. The number of ether oxygens (including phenoxy) is 2. The zero-order valence-corrected chi connectivity index (χ0v) is 19.2. The molecule has 4 rings (SSSR count). The van der Waals surface area contributed by atoms with Gasteiger partial charge in [0.05, 0.1) is 37.3 Å². The number of sulfonamides is 1. The Hall–Kier alpha value is -2.79. The van der Waals surface area contributed by atoms with Crippen LogP contribution < -0.4 is 9.64 Å². The largest absolute Gasteiger partial charge is 0.497 e. The van der Waals surface area contributed by atoms with Crippen LogP contribution in [0.15, 0.2) is 59.5 Å². The first-order valence-corrected chi connectivity index (χ1v) is 12.2. The summed E-state index contributed by atoms with van der Waals surface area (Å²) in [5.41, 5.74) is 0.435. The average molecular weight is 474 g/mol. The Balaban J connectivity index is 1.64. The second kappa shape index (κ2) is 10.0. The molecule has 9 nitrogen and oxygen atoms in total. The second-order valence-corrected chi connectivity index (χ2v) is 9.76. The third-order valence-corrected chi connectivity index (χ3v) is 7.81. The molecular formula is C23H27N3O6S. The second-order valence-electron chi connectivity index (χ2n) is 7.87. The molecule has 2 amide bonds. The Morgan fingerprint density at radius 2 is 1.70 bits per heavy atom. The van der Waals surface area contributed by atoms with Gasteiger partial charge in [0, 0.05) is 26.2 Å². The summed E-state index contributed by atoms with van der Waals surface area (Å²) in [4.78, 5) is 29.3. The summed E-state index contributed by atoms with van der Waals surface area (Å²) in [6.45, 7) is 3.04. The summed E-state index contributed by atoms with van der Waals surface area (Å²) in [7, 11) is -2.55. The number of anilines is 1. The standard InChI is InChI=1S/C23H27N3O6S/c1-31-19-7-9-20(10-8-19)33(29,30)25(12-11-24-13-15-32-16-14-24)21-17-22(27)26(23(21)28)18-5-3-2-4-6-18/h2-10,21H,11-17H2,1H3. The summed E-state index contributed by atoms with van der Waals surface area (Å²) < 4.78 is 39.0. The maximum Gasteiger partial charge on any atom is 0.252 e. The van der Waals surface area contributed by atoms with Gasteiger partial charge < -0.3 is 9.47 Å². The smallest absolute Gasteiger partial charge is 0.252 e. The van der Waals surface area contributed by atoms with Gasteiger partial charge in [0.1, 0.15) is 11.8 Å². The molecule has 2 aromatic carbocycles. The highest BCUT2D eigenvalue weighted by molar-refractivity contribution is 7.89. The number of morpholine rings is 1. The Morgan fingerprint density at radius 3 is 2.33 bits per heavy atom. The Kier molecular flexibility index (Phi) is 7.08. The normalized spacial score (nSPS) is 19.9. The van der Waals surface area contributed by atoms with Gasteiger partial charge >= 0.3 is 0 Å². The molecule has 10 heteroatoms. The van der Waals surface area contributed by atoms with Crippen LogP contribution in [0.2, 0.25) is 0 Å². The number of nitrogens with zero attached hydrogens (tertiary/aromatic N) is 3. The van der Waals surface area contributed by atoms with Crippen LogP contribution >= 0.6 is 0 Å². The molecule has 33 heavy (non-hydrogen) atoms. The Bertz CT molecular complexity index is 1080. The van der Waals surface area contributed by atoms with E-state index in [1.54, 1.807) is 42.5 Å². The van der Waals surface area contributed by atoms with E-state index in [0.29, 0.717) is 44.3 Å². The lowest BCUT2D eigenvalue weighted by Gasteiger charge is -2.31. The van der Waals surface area contributed by atoms with Crippen molar-refractivity contribution in [3.63, 3.8) is 0 Å². The lowest BCUT2D eigenvalue weighted by molar-refractivity contribution is -0.122. The van der Waals surface area contributed by atoms with E-state index >= 15 is 0 Å². The fourth-order valence-electron chi connectivity index (χ4n) is 4.08. The minimum atomic E-state index is -4.05. The lowest BCUT2D eigenvalue weighted by atomic mass is 10.2.